The van der Waals surface area contributed by atoms with Gasteiger partial charge in [0, 0.05) is 38.4 Å². The summed E-state index contributed by atoms with van der Waals surface area (Å²) in [6, 6.07) is 12.5. The van der Waals surface area contributed by atoms with E-state index >= 15 is 0 Å². The van der Waals surface area contributed by atoms with Gasteiger partial charge in [-0.25, -0.2) is 4.79 Å². The van der Waals surface area contributed by atoms with Gasteiger partial charge in [-0.05, 0) is 56.0 Å². The second-order valence-electron chi connectivity index (χ2n) is 7.55. The molecule has 0 atom stereocenters. The number of anilines is 1. The molecule has 0 radical (unpaired) electrons. The Labute approximate surface area is 168 Å². The van der Waals surface area contributed by atoms with Crippen LogP contribution in [0, 0.1) is 20.8 Å². The number of hydrogen-bond donors (Lipinski definition) is 1. The van der Waals surface area contributed by atoms with Gasteiger partial charge in [0.15, 0.2) is 0 Å². The Balaban J connectivity index is 1.47. The Morgan fingerprint density at radius 3 is 2.18 bits per heavy atom. The van der Waals surface area contributed by atoms with E-state index in [0.717, 1.165) is 38.3 Å². The van der Waals surface area contributed by atoms with Gasteiger partial charge in [0.1, 0.15) is 5.75 Å². The highest BCUT2D eigenvalue weighted by atomic mass is 16.5. The van der Waals surface area contributed by atoms with Crippen LogP contribution < -0.4 is 15.0 Å². The standard InChI is InChI=1S/C23H31N3O2/c1-17-15-18(2)22(19(3)16-17)25-11-13-26(14-12-25)23(27)24-10-9-20-5-7-21(28-4)8-6-20/h5-8,15-16H,9-14H2,1-4H3,(H,24,27). The Morgan fingerprint density at radius 2 is 1.61 bits per heavy atom. The first-order valence-corrected chi connectivity index (χ1v) is 9.96. The van der Waals surface area contributed by atoms with Gasteiger partial charge in [0.25, 0.3) is 0 Å². The average Bonchev–Trinajstić information content (AvgIpc) is 2.68. The molecule has 0 aliphatic carbocycles. The molecule has 5 nitrogen and oxygen atoms in total. The molecule has 1 heterocycles. The highest BCUT2D eigenvalue weighted by molar-refractivity contribution is 5.74. The molecule has 5 heteroatoms. The summed E-state index contributed by atoms with van der Waals surface area (Å²) in [6.45, 7) is 10.4. The predicted octanol–water partition coefficient (Wildman–Crippen LogP) is 3.69. The van der Waals surface area contributed by atoms with Gasteiger partial charge in [0.05, 0.1) is 7.11 Å². The summed E-state index contributed by atoms with van der Waals surface area (Å²) in [5, 5.41) is 3.05. The first kappa shape index (κ1) is 20.1. The minimum Gasteiger partial charge on any atom is -0.497 e. The molecule has 2 aromatic rings. The van der Waals surface area contributed by atoms with Crippen molar-refractivity contribution in [2.45, 2.75) is 27.2 Å². The fourth-order valence-electron chi connectivity index (χ4n) is 4.02. The summed E-state index contributed by atoms with van der Waals surface area (Å²) in [7, 11) is 1.66. The molecular weight excluding hydrogens is 350 g/mol. The molecule has 0 aromatic heterocycles. The molecule has 28 heavy (non-hydrogen) atoms. The topological polar surface area (TPSA) is 44.8 Å². The Morgan fingerprint density at radius 1 is 1.00 bits per heavy atom. The van der Waals surface area contributed by atoms with Crippen molar-refractivity contribution in [2.75, 3.05) is 44.7 Å². The number of benzene rings is 2. The Bertz CT molecular complexity index is 786. The largest absolute Gasteiger partial charge is 0.497 e. The van der Waals surface area contributed by atoms with E-state index in [1.54, 1.807) is 7.11 Å². The van der Waals surface area contributed by atoms with Gasteiger partial charge in [-0.1, -0.05) is 29.8 Å². The molecule has 0 unspecified atom stereocenters. The van der Waals surface area contributed by atoms with Gasteiger partial charge >= 0.3 is 6.03 Å². The van der Waals surface area contributed by atoms with E-state index in [9.17, 15) is 4.79 Å². The number of carbonyl (C=O) groups excluding carboxylic acids is 1. The molecule has 0 saturated carbocycles. The second kappa shape index (κ2) is 9.00. The van der Waals surface area contributed by atoms with Crippen molar-refractivity contribution in [1.29, 1.82) is 0 Å². The van der Waals surface area contributed by atoms with Crippen LogP contribution in [0.3, 0.4) is 0 Å². The van der Waals surface area contributed by atoms with Crippen LogP contribution in [0.1, 0.15) is 22.3 Å². The first-order chi connectivity index (χ1) is 13.5. The molecule has 1 N–H and O–H groups in total. The van der Waals surface area contributed by atoms with E-state index in [1.807, 2.05) is 29.2 Å². The number of nitrogens with one attached hydrogen (secondary N) is 1. The van der Waals surface area contributed by atoms with E-state index in [1.165, 1.54) is 27.9 Å². The molecule has 0 spiro atoms. The molecule has 3 rings (SSSR count). The van der Waals surface area contributed by atoms with Crippen LogP contribution in [-0.4, -0.2) is 50.8 Å². The summed E-state index contributed by atoms with van der Waals surface area (Å²) in [5.41, 5.74) is 6.44. The van der Waals surface area contributed by atoms with Crippen molar-refractivity contribution in [1.82, 2.24) is 10.2 Å². The zero-order valence-electron chi connectivity index (χ0n) is 17.4. The number of carbonyl (C=O) groups is 1. The van der Waals surface area contributed by atoms with Gasteiger partial charge in [-0.2, -0.15) is 0 Å². The van der Waals surface area contributed by atoms with Crippen molar-refractivity contribution in [3.63, 3.8) is 0 Å². The third kappa shape index (κ3) is 4.77. The highest BCUT2D eigenvalue weighted by Crippen LogP contribution is 2.27. The second-order valence-corrected chi connectivity index (χ2v) is 7.55. The van der Waals surface area contributed by atoms with Crippen molar-refractivity contribution in [3.8, 4) is 5.75 Å². The summed E-state index contributed by atoms with van der Waals surface area (Å²) >= 11 is 0. The highest BCUT2D eigenvalue weighted by Gasteiger charge is 2.22. The summed E-state index contributed by atoms with van der Waals surface area (Å²) < 4.78 is 5.17. The van der Waals surface area contributed by atoms with Gasteiger partial charge in [0.2, 0.25) is 0 Å². The number of piperazine rings is 1. The summed E-state index contributed by atoms with van der Waals surface area (Å²) in [6.07, 6.45) is 0.817. The van der Waals surface area contributed by atoms with Crippen molar-refractivity contribution in [2.24, 2.45) is 0 Å². The van der Waals surface area contributed by atoms with Crippen LogP contribution >= 0.6 is 0 Å². The lowest BCUT2D eigenvalue weighted by atomic mass is 10.0. The van der Waals surface area contributed by atoms with Crippen molar-refractivity contribution >= 4 is 11.7 Å². The number of amides is 2. The maximum atomic E-state index is 12.5. The zero-order valence-corrected chi connectivity index (χ0v) is 17.4. The lowest BCUT2D eigenvalue weighted by Crippen LogP contribution is -2.52. The van der Waals surface area contributed by atoms with Crippen LogP contribution in [0.15, 0.2) is 36.4 Å². The number of rotatable bonds is 5. The minimum atomic E-state index is 0.0329. The SMILES string of the molecule is COc1ccc(CCNC(=O)N2CCN(c3c(C)cc(C)cc3C)CC2)cc1. The normalized spacial score (nSPS) is 14.1. The molecule has 1 aliphatic heterocycles. The van der Waals surface area contributed by atoms with E-state index in [0.29, 0.717) is 6.54 Å². The Hall–Kier alpha value is -2.69. The molecule has 2 amide bonds. The van der Waals surface area contributed by atoms with Crippen molar-refractivity contribution < 1.29 is 9.53 Å². The number of methoxy groups -OCH3 is 1. The summed E-state index contributed by atoms with van der Waals surface area (Å²) in [4.78, 5) is 16.8. The fourth-order valence-corrected chi connectivity index (χ4v) is 4.02. The number of hydrogen-bond acceptors (Lipinski definition) is 3. The van der Waals surface area contributed by atoms with Crippen LogP contribution in [0.5, 0.6) is 5.75 Å². The predicted molar refractivity (Wildman–Crippen MR) is 115 cm³/mol. The number of nitrogens with zero attached hydrogens (tertiary/aromatic N) is 2. The van der Waals surface area contributed by atoms with Crippen LogP contribution in [0.2, 0.25) is 0 Å². The number of aryl methyl sites for hydroxylation is 3. The molecular formula is C23H31N3O2. The third-order valence-electron chi connectivity index (χ3n) is 5.37. The molecule has 2 aromatic carbocycles. The van der Waals surface area contributed by atoms with E-state index in [4.69, 9.17) is 4.74 Å². The quantitative estimate of drug-likeness (QED) is 0.859. The lowest BCUT2D eigenvalue weighted by molar-refractivity contribution is 0.194. The van der Waals surface area contributed by atoms with Gasteiger partial charge in [-0.3, -0.25) is 0 Å². The van der Waals surface area contributed by atoms with Crippen LogP contribution in [0.25, 0.3) is 0 Å². The van der Waals surface area contributed by atoms with E-state index in [2.05, 4.69) is 43.1 Å². The smallest absolute Gasteiger partial charge is 0.317 e. The van der Waals surface area contributed by atoms with E-state index < -0.39 is 0 Å². The van der Waals surface area contributed by atoms with Crippen molar-refractivity contribution in [3.05, 3.63) is 58.7 Å². The fraction of sp³-hybridized carbons (Fsp3) is 0.435. The lowest BCUT2D eigenvalue weighted by Gasteiger charge is -2.37. The monoisotopic (exact) mass is 381 g/mol. The zero-order chi connectivity index (χ0) is 20.1. The van der Waals surface area contributed by atoms with Crippen LogP contribution in [-0.2, 0) is 6.42 Å². The minimum absolute atomic E-state index is 0.0329. The maximum absolute atomic E-state index is 12.5. The third-order valence-corrected chi connectivity index (χ3v) is 5.37. The molecule has 0 bridgehead atoms. The van der Waals surface area contributed by atoms with E-state index in [-0.39, 0.29) is 6.03 Å². The summed E-state index contributed by atoms with van der Waals surface area (Å²) in [5.74, 6) is 0.852. The molecule has 1 fully saturated rings. The first-order valence-electron chi connectivity index (χ1n) is 9.96. The maximum Gasteiger partial charge on any atom is 0.317 e. The average molecular weight is 382 g/mol. The molecule has 150 valence electrons. The van der Waals surface area contributed by atoms with Crippen LogP contribution in [0.4, 0.5) is 10.5 Å². The van der Waals surface area contributed by atoms with Gasteiger partial charge in [-0.15, -0.1) is 0 Å². The molecule has 1 aliphatic rings. The number of urea groups is 1. The molecule has 1 saturated heterocycles. The number of ether oxygens (including phenoxy) is 1. The Kier molecular flexibility index (Phi) is 6.45. The van der Waals surface area contributed by atoms with Gasteiger partial charge < -0.3 is 19.9 Å².